The molecule has 1 heterocycles. The monoisotopic (exact) mass is 420 g/mol. The van der Waals surface area contributed by atoms with Crippen LogP contribution in [0.3, 0.4) is 0 Å². The van der Waals surface area contributed by atoms with Crippen molar-refractivity contribution in [1.82, 2.24) is 4.31 Å². The van der Waals surface area contributed by atoms with Crippen LogP contribution in [0.25, 0.3) is 0 Å². The summed E-state index contributed by atoms with van der Waals surface area (Å²) in [7, 11) is -3.75. The Hall–Kier alpha value is -2.29. The first-order valence-electron chi connectivity index (χ1n) is 9.55. The Morgan fingerprint density at radius 2 is 1.76 bits per heavy atom. The van der Waals surface area contributed by atoms with Gasteiger partial charge in [-0.3, -0.25) is 4.79 Å². The molecular formula is C21H25FN2O4S. The van der Waals surface area contributed by atoms with Crippen LogP contribution in [-0.2, 0) is 14.8 Å². The van der Waals surface area contributed by atoms with Crippen LogP contribution in [-0.4, -0.2) is 50.5 Å². The number of carbonyl (C=O) groups excluding carboxylic acids is 1. The number of rotatable bonds is 5. The van der Waals surface area contributed by atoms with Gasteiger partial charge in [0.2, 0.25) is 10.0 Å². The number of nitrogens with zero attached hydrogens (tertiary/aromatic N) is 2. The summed E-state index contributed by atoms with van der Waals surface area (Å²) in [6.07, 6.45) is -0.403. The Balaban J connectivity index is 1.90. The molecule has 2 aromatic carbocycles. The van der Waals surface area contributed by atoms with Crippen LogP contribution in [0.4, 0.5) is 10.1 Å². The maximum atomic E-state index is 13.2. The number of sulfonamides is 1. The zero-order chi connectivity index (χ0) is 21.2. The topological polar surface area (TPSA) is 66.9 Å². The van der Waals surface area contributed by atoms with Crippen LogP contribution >= 0.6 is 0 Å². The van der Waals surface area contributed by atoms with Gasteiger partial charge in [0.05, 0.1) is 17.1 Å². The lowest BCUT2D eigenvalue weighted by Gasteiger charge is -2.34. The van der Waals surface area contributed by atoms with E-state index in [2.05, 4.69) is 0 Å². The van der Waals surface area contributed by atoms with Crippen LogP contribution < -0.4 is 4.90 Å². The van der Waals surface area contributed by atoms with Gasteiger partial charge in [0.15, 0.2) is 0 Å². The Morgan fingerprint density at radius 1 is 1.14 bits per heavy atom. The number of anilines is 1. The number of halogens is 1. The molecule has 3 rings (SSSR count). The van der Waals surface area contributed by atoms with Crippen molar-refractivity contribution < 1.29 is 22.3 Å². The summed E-state index contributed by atoms with van der Waals surface area (Å²) in [6.45, 7) is 6.36. The number of hydrogen-bond acceptors (Lipinski definition) is 4. The second kappa shape index (κ2) is 8.61. The average molecular weight is 421 g/mol. The third-order valence-corrected chi connectivity index (χ3v) is 6.63. The van der Waals surface area contributed by atoms with E-state index >= 15 is 0 Å². The third kappa shape index (κ3) is 4.66. The fourth-order valence-corrected chi connectivity index (χ4v) is 5.12. The summed E-state index contributed by atoms with van der Waals surface area (Å²) in [5, 5.41) is 0. The van der Waals surface area contributed by atoms with E-state index in [9.17, 15) is 17.6 Å². The Bertz CT molecular complexity index is 968. The van der Waals surface area contributed by atoms with Gasteiger partial charge >= 0.3 is 0 Å². The van der Waals surface area contributed by atoms with Crippen molar-refractivity contribution in [2.75, 3.05) is 24.5 Å². The highest BCUT2D eigenvalue weighted by molar-refractivity contribution is 7.89. The largest absolute Gasteiger partial charge is 0.373 e. The first-order valence-corrected chi connectivity index (χ1v) is 11.0. The summed E-state index contributed by atoms with van der Waals surface area (Å²) in [4.78, 5) is 14.6. The van der Waals surface area contributed by atoms with Crippen LogP contribution in [0.5, 0.6) is 0 Å². The average Bonchev–Trinajstić information content (AvgIpc) is 2.69. The lowest BCUT2D eigenvalue weighted by Crippen LogP contribution is -2.48. The molecule has 2 unspecified atom stereocenters. The van der Waals surface area contributed by atoms with E-state index in [0.717, 1.165) is 0 Å². The van der Waals surface area contributed by atoms with Crippen LogP contribution in [0.15, 0.2) is 53.4 Å². The second-order valence-corrected chi connectivity index (χ2v) is 9.07. The van der Waals surface area contributed by atoms with Crippen molar-refractivity contribution >= 4 is 21.6 Å². The molecule has 2 atom stereocenters. The smallest absolute Gasteiger partial charge is 0.258 e. The first-order chi connectivity index (χ1) is 13.7. The summed E-state index contributed by atoms with van der Waals surface area (Å²) < 4.78 is 46.4. The van der Waals surface area contributed by atoms with Crippen molar-refractivity contribution in [3.63, 3.8) is 0 Å². The zero-order valence-electron chi connectivity index (χ0n) is 16.7. The maximum Gasteiger partial charge on any atom is 0.258 e. The van der Waals surface area contributed by atoms with E-state index < -0.39 is 10.0 Å². The minimum absolute atomic E-state index is 0.0693. The lowest BCUT2D eigenvalue weighted by molar-refractivity contribution is -0.0440. The molecule has 1 aliphatic rings. The van der Waals surface area contributed by atoms with Crippen LogP contribution in [0.2, 0.25) is 0 Å². The van der Waals surface area contributed by atoms with Gasteiger partial charge in [0, 0.05) is 30.9 Å². The molecule has 1 saturated heterocycles. The number of hydrogen-bond donors (Lipinski definition) is 0. The molecule has 1 amide bonds. The van der Waals surface area contributed by atoms with E-state index in [4.69, 9.17) is 4.74 Å². The highest BCUT2D eigenvalue weighted by Gasteiger charge is 2.32. The molecule has 29 heavy (non-hydrogen) atoms. The molecule has 0 aliphatic carbocycles. The van der Waals surface area contributed by atoms with E-state index in [1.54, 1.807) is 19.1 Å². The normalized spacial score (nSPS) is 20.4. The van der Waals surface area contributed by atoms with Gasteiger partial charge in [-0.1, -0.05) is 6.07 Å². The Kier molecular flexibility index (Phi) is 6.36. The van der Waals surface area contributed by atoms with E-state index in [1.807, 2.05) is 13.8 Å². The van der Waals surface area contributed by atoms with Crippen molar-refractivity contribution in [2.24, 2.45) is 0 Å². The quantitative estimate of drug-likeness (QED) is 0.745. The molecule has 6 nitrogen and oxygen atoms in total. The third-order valence-electron chi connectivity index (χ3n) is 4.80. The number of amides is 1. The summed E-state index contributed by atoms with van der Waals surface area (Å²) in [6, 6.07) is 11.6. The molecular weight excluding hydrogens is 395 g/mol. The molecule has 0 saturated carbocycles. The molecule has 156 valence electrons. The van der Waals surface area contributed by atoms with Gasteiger partial charge in [0.25, 0.3) is 5.91 Å². The molecule has 0 aromatic heterocycles. The number of ether oxygens (including phenoxy) is 1. The van der Waals surface area contributed by atoms with E-state index in [-0.39, 0.29) is 47.5 Å². The molecule has 0 radical (unpaired) electrons. The molecule has 0 N–H and O–H groups in total. The predicted octanol–water partition coefficient (Wildman–Crippen LogP) is 3.29. The SMILES string of the molecule is CCN(C(=O)c1cccc(S(=O)(=O)N2CC(C)OC(C)C2)c1)c1ccc(F)cc1. The minimum Gasteiger partial charge on any atom is -0.373 e. The maximum absolute atomic E-state index is 13.2. The van der Waals surface area contributed by atoms with Crippen LogP contribution in [0.1, 0.15) is 31.1 Å². The fraction of sp³-hybridized carbons (Fsp3) is 0.381. The summed E-state index contributed by atoms with van der Waals surface area (Å²) in [5.41, 5.74) is 0.801. The molecule has 2 aromatic rings. The highest BCUT2D eigenvalue weighted by Crippen LogP contribution is 2.24. The van der Waals surface area contributed by atoms with Gasteiger partial charge in [-0.25, -0.2) is 12.8 Å². The van der Waals surface area contributed by atoms with Gasteiger partial charge in [-0.05, 0) is 63.2 Å². The lowest BCUT2D eigenvalue weighted by atomic mass is 10.2. The Morgan fingerprint density at radius 3 is 2.34 bits per heavy atom. The molecule has 8 heteroatoms. The molecule has 0 bridgehead atoms. The molecule has 1 fully saturated rings. The van der Waals surface area contributed by atoms with Gasteiger partial charge in [-0.15, -0.1) is 0 Å². The highest BCUT2D eigenvalue weighted by atomic mass is 32.2. The fourth-order valence-electron chi connectivity index (χ4n) is 3.49. The summed E-state index contributed by atoms with van der Waals surface area (Å²) in [5.74, 6) is -0.737. The number of carbonyl (C=O) groups is 1. The van der Waals surface area contributed by atoms with Crippen LogP contribution in [0, 0.1) is 5.82 Å². The van der Waals surface area contributed by atoms with Gasteiger partial charge in [0.1, 0.15) is 5.82 Å². The minimum atomic E-state index is -3.75. The molecule has 0 spiro atoms. The summed E-state index contributed by atoms with van der Waals surface area (Å²) >= 11 is 0. The van der Waals surface area contributed by atoms with Gasteiger partial charge in [-0.2, -0.15) is 4.31 Å². The van der Waals surface area contributed by atoms with Crippen molar-refractivity contribution in [3.05, 3.63) is 59.9 Å². The van der Waals surface area contributed by atoms with E-state index in [0.29, 0.717) is 12.2 Å². The molecule has 1 aliphatic heterocycles. The van der Waals surface area contributed by atoms with Gasteiger partial charge < -0.3 is 9.64 Å². The van der Waals surface area contributed by atoms with E-state index in [1.165, 1.54) is 45.6 Å². The predicted molar refractivity (Wildman–Crippen MR) is 109 cm³/mol. The first kappa shape index (κ1) is 21.4. The zero-order valence-corrected chi connectivity index (χ0v) is 17.5. The second-order valence-electron chi connectivity index (χ2n) is 7.13. The van der Waals surface area contributed by atoms with Crippen molar-refractivity contribution in [3.8, 4) is 0 Å². The standard InChI is InChI=1S/C21H25FN2O4S/c1-4-24(19-10-8-18(22)9-11-19)21(25)17-6-5-7-20(12-17)29(26,27)23-13-15(2)28-16(3)14-23/h5-12,15-16H,4,13-14H2,1-3H3. The van der Waals surface area contributed by atoms with Crippen molar-refractivity contribution in [1.29, 1.82) is 0 Å². The Labute approximate surface area is 170 Å². The number of benzene rings is 2. The number of morpholine rings is 1. The van der Waals surface area contributed by atoms with Crippen molar-refractivity contribution in [2.45, 2.75) is 37.9 Å².